The fourth-order valence-electron chi connectivity index (χ4n) is 2.58. The standard InChI is InChI=1S/C16H20FN3O3/c1-11(21)19-8-9-20(14(10-19)16(23)18(2)3)15(22)12-4-6-13(17)7-5-12/h4-7,14H,8-10H2,1-3H3. The summed E-state index contributed by atoms with van der Waals surface area (Å²) in [7, 11) is 3.21. The van der Waals surface area contributed by atoms with Gasteiger partial charge in [-0.3, -0.25) is 14.4 Å². The molecule has 0 aromatic heterocycles. The summed E-state index contributed by atoms with van der Waals surface area (Å²) in [6.07, 6.45) is 0. The molecule has 0 saturated carbocycles. The highest BCUT2D eigenvalue weighted by Crippen LogP contribution is 2.16. The Morgan fingerprint density at radius 2 is 1.74 bits per heavy atom. The zero-order valence-electron chi connectivity index (χ0n) is 13.5. The number of carbonyl (C=O) groups is 3. The van der Waals surface area contributed by atoms with Crippen molar-refractivity contribution in [2.45, 2.75) is 13.0 Å². The summed E-state index contributed by atoms with van der Waals surface area (Å²) in [4.78, 5) is 41.0. The molecule has 6 nitrogen and oxygen atoms in total. The molecule has 0 bridgehead atoms. The van der Waals surface area contributed by atoms with Gasteiger partial charge in [-0.15, -0.1) is 0 Å². The summed E-state index contributed by atoms with van der Waals surface area (Å²) in [5, 5.41) is 0. The minimum atomic E-state index is -0.736. The summed E-state index contributed by atoms with van der Waals surface area (Å²) in [6, 6.07) is 4.47. The summed E-state index contributed by atoms with van der Waals surface area (Å²) in [5.74, 6) is -1.14. The Kier molecular flexibility index (Phi) is 4.98. The molecule has 1 aromatic rings. The Morgan fingerprint density at radius 3 is 2.26 bits per heavy atom. The van der Waals surface area contributed by atoms with Crippen LogP contribution in [-0.4, -0.2) is 72.2 Å². The zero-order valence-corrected chi connectivity index (χ0v) is 13.5. The number of likely N-dealkylation sites (N-methyl/N-ethyl adjacent to an activating group) is 1. The molecule has 124 valence electrons. The second kappa shape index (κ2) is 6.76. The number of piperazine rings is 1. The number of amides is 3. The van der Waals surface area contributed by atoms with Crippen LogP contribution in [0.1, 0.15) is 17.3 Å². The molecule has 23 heavy (non-hydrogen) atoms. The van der Waals surface area contributed by atoms with Crippen LogP contribution in [0.3, 0.4) is 0 Å². The SMILES string of the molecule is CC(=O)N1CCN(C(=O)c2ccc(F)cc2)C(C(=O)N(C)C)C1. The first kappa shape index (κ1) is 16.9. The Bertz CT molecular complexity index is 616. The van der Waals surface area contributed by atoms with E-state index >= 15 is 0 Å². The first-order valence-electron chi connectivity index (χ1n) is 7.34. The molecular formula is C16H20FN3O3. The van der Waals surface area contributed by atoms with Crippen LogP contribution in [0.4, 0.5) is 4.39 Å². The molecule has 0 spiro atoms. The molecule has 1 fully saturated rings. The van der Waals surface area contributed by atoms with Crippen LogP contribution >= 0.6 is 0 Å². The van der Waals surface area contributed by atoms with E-state index in [9.17, 15) is 18.8 Å². The van der Waals surface area contributed by atoms with Crippen molar-refractivity contribution in [3.63, 3.8) is 0 Å². The first-order valence-corrected chi connectivity index (χ1v) is 7.34. The van der Waals surface area contributed by atoms with Gasteiger partial charge >= 0.3 is 0 Å². The Labute approximate surface area is 134 Å². The first-order chi connectivity index (χ1) is 10.8. The van der Waals surface area contributed by atoms with Crippen molar-refractivity contribution in [1.29, 1.82) is 0 Å². The van der Waals surface area contributed by atoms with Crippen molar-refractivity contribution in [3.8, 4) is 0 Å². The molecule has 1 heterocycles. The van der Waals surface area contributed by atoms with Crippen LogP contribution in [0.15, 0.2) is 24.3 Å². The molecule has 1 aliphatic heterocycles. The third kappa shape index (κ3) is 3.67. The maximum atomic E-state index is 13.0. The molecule has 0 N–H and O–H groups in total. The van der Waals surface area contributed by atoms with Crippen LogP contribution < -0.4 is 0 Å². The molecule has 1 aromatic carbocycles. The molecule has 1 aliphatic rings. The summed E-state index contributed by atoms with van der Waals surface area (Å²) >= 11 is 0. The predicted molar refractivity (Wildman–Crippen MR) is 82.2 cm³/mol. The van der Waals surface area contributed by atoms with Crippen LogP contribution in [-0.2, 0) is 9.59 Å². The lowest BCUT2D eigenvalue weighted by Gasteiger charge is -2.41. The second-order valence-electron chi connectivity index (χ2n) is 5.72. The Hall–Kier alpha value is -2.44. The average Bonchev–Trinajstić information content (AvgIpc) is 2.53. The van der Waals surface area contributed by atoms with Crippen LogP contribution in [0, 0.1) is 5.82 Å². The van der Waals surface area contributed by atoms with Gasteiger partial charge in [0.2, 0.25) is 11.8 Å². The van der Waals surface area contributed by atoms with Gasteiger partial charge in [-0.1, -0.05) is 0 Å². The summed E-state index contributed by atoms with van der Waals surface area (Å²) in [6.45, 7) is 2.24. The number of halogens is 1. The van der Waals surface area contributed by atoms with Crippen molar-refractivity contribution in [2.24, 2.45) is 0 Å². The van der Waals surface area contributed by atoms with E-state index in [0.717, 1.165) is 0 Å². The fourth-order valence-corrected chi connectivity index (χ4v) is 2.58. The van der Waals surface area contributed by atoms with Gasteiger partial charge in [0.1, 0.15) is 11.9 Å². The maximum absolute atomic E-state index is 13.0. The van der Waals surface area contributed by atoms with Crippen LogP contribution in [0.25, 0.3) is 0 Å². The van der Waals surface area contributed by atoms with Gasteiger partial charge in [0.25, 0.3) is 5.91 Å². The average molecular weight is 321 g/mol. The van der Waals surface area contributed by atoms with Gasteiger partial charge < -0.3 is 14.7 Å². The molecular weight excluding hydrogens is 301 g/mol. The lowest BCUT2D eigenvalue weighted by Crippen LogP contribution is -2.61. The van der Waals surface area contributed by atoms with Gasteiger partial charge in [0.05, 0.1) is 6.54 Å². The predicted octanol–water partition coefficient (Wildman–Crippen LogP) is 0.587. The second-order valence-corrected chi connectivity index (χ2v) is 5.72. The molecule has 1 atom stereocenters. The van der Waals surface area contributed by atoms with E-state index in [1.807, 2.05) is 0 Å². The minimum Gasteiger partial charge on any atom is -0.347 e. The maximum Gasteiger partial charge on any atom is 0.254 e. The highest BCUT2D eigenvalue weighted by Gasteiger charge is 2.37. The van der Waals surface area contributed by atoms with E-state index in [-0.39, 0.29) is 30.8 Å². The quantitative estimate of drug-likeness (QED) is 0.801. The van der Waals surface area contributed by atoms with Gasteiger partial charge in [-0.25, -0.2) is 4.39 Å². The van der Waals surface area contributed by atoms with Crippen LogP contribution in [0.5, 0.6) is 0 Å². The van der Waals surface area contributed by atoms with E-state index in [4.69, 9.17) is 0 Å². The van der Waals surface area contributed by atoms with Gasteiger partial charge in [-0.2, -0.15) is 0 Å². The number of benzene rings is 1. The van der Waals surface area contributed by atoms with Crippen molar-refractivity contribution < 1.29 is 18.8 Å². The topological polar surface area (TPSA) is 60.9 Å². The number of carbonyl (C=O) groups excluding carboxylic acids is 3. The molecule has 2 rings (SSSR count). The van der Waals surface area contributed by atoms with Crippen molar-refractivity contribution in [1.82, 2.24) is 14.7 Å². The number of hydrogen-bond donors (Lipinski definition) is 0. The number of rotatable bonds is 2. The van der Waals surface area contributed by atoms with E-state index in [1.54, 1.807) is 19.0 Å². The molecule has 0 radical (unpaired) electrons. The van der Waals surface area contributed by atoms with Gasteiger partial charge in [0, 0.05) is 39.7 Å². The Balaban J connectivity index is 2.27. The summed E-state index contributed by atoms with van der Waals surface area (Å²) in [5.41, 5.74) is 0.319. The molecule has 1 unspecified atom stereocenters. The van der Waals surface area contributed by atoms with E-state index in [0.29, 0.717) is 12.1 Å². The fraction of sp³-hybridized carbons (Fsp3) is 0.438. The van der Waals surface area contributed by atoms with Crippen molar-refractivity contribution >= 4 is 17.7 Å². The monoisotopic (exact) mass is 321 g/mol. The zero-order chi connectivity index (χ0) is 17.1. The normalized spacial score (nSPS) is 17.8. The van der Waals surface area contributed by atoms with Gasteiger partial charge in [-0.05, 0) is 24.3 Å². The molecule has 0 aliphatic carbocycles. The summed E-state index contributed by atoms with van der Waals surface area (Å²) < 4.78 is 13.0. The van der Waals surface area contributed by atoms with Crippen LogP contribution in [0.2, 0.25) is 0 Å². The minimum absolute atomic E-state index is 0.129. The van der Waals surface area contributed by atoms with E-state index in [1.165, 1.54) is 41.0 Å². The third-order valence-electron chi connectivity index (χ3n) is 3.90. The lowest BCUT2D eigenvalue weighted by atomic mass is 10.1. The van der Waals surface area contributed by atoms with Gasteiger partial charge in [0.15, 0.2) is 0 Å². The highest BCUT2D eigenvalue weighted by atomic mass is 19.1. The molecule has 1 saturated heterocycles. The van der Waals surface area contributed by atoms with Crippen molar-refractivity contribution in [3.05, 3.63) is 35.6 Å². The molecule has 7 heteroatoms. The van der Waals surface area contributed by atoms with Crippen molar-refractivity contribution in [2.75, 3.05) is 33.7 Å². The largest absolute Gasteiger partial charge is 0.347 e. The highest BCUT2D eigenvalue weighted by molar-refractivity contribution is 5.98. The van der Waals surface area contributed by atoms with E-state index in [2.05, 4.69) is 0 Å². The number of nitrogens with zero attached hydrogens (tertiary/aromatic N) is 3. The third-order valence-corrected chi connectivity index (χ3v) is 3.90. The lowest BCUT2D eigenvalue weighted by molar-refractivity contribution is -0.139. The van der Waals surface area contributed by atoms with E-state index < -0.39 is 11.9 Å². The number of hydrogen-bond acceptors (Lipinski definition) is 3. The Morgan fingerprint density at radius 1 is 1.13 bits per heavy atom. The molecule has 3 amide bonds. The smallest absolute Gasteiger partial charge is 0.254 e.